The molecule has 0 spiro atoms. The largest absolute Gasteiger partial charge is 0.375 e. The molecule has 1 fully saturated rings. The lowest BCUT2D eigenvalue weighted by Gasteiger charge is -2.36. The SMILES string of the molecule is NC(=S)N/N=C/c1ccc(N2CCN(Cc3ccc(Cl)cc3Cl)CC2)c(F)c1F. The monoisotopic (exact) mass is 457 g/mol. The van der Waals surface area contributed by atoms with Gasteiger partial charge in [-0.1, -0.05) is 29.3 Å². The van der Waals surface area contributed by atoms with Crippen molar-refractivity contribution < 1.29 is 8.78 Å². The summed E-state index contributed by atoms with van der Waals surface area (Å²) in [5.41, 5.74) is 8.76. The van der Waals surface area contributed by atoms with Gasteiger partial charge in [-0.25, -0.2) is 8.78 Å². The first kappa shape index (κ1) is 21.7. The van der Waals surface area contributed by atoms with E-state index in [0.29, 0.717) is 42.8 Å². The van der Waals surface area contributed by atoms with Crippen molar-refractivity contribution in [3.8, 4) is 0 Å². The Hall–Kier alpha value is -2.00. The summed E-state index contributed by atoms with van der Waals surface area (Å²) < 4.78 is 28.9. The van der Waals surface area contributed by atoms with Crippen LogP contribution in [0.2, 0.25) is 10.0 Å². The van der Waals surface area contributed by atoms with Gasteiger partial charge in [0.1, 0.15) is 0 Å². The zero-order chi connectivity index (χ0) is 21.0. The van der Waals surface area contributed by atoms with Crippen LogP contribution in [-0.4, -0.2) is 42.4 Å². The van der Waals surface area contributed by atoms with Crippen molar-refractivity contribution >= 4 is 52.4 Å². The third-order valence-electron chi connectivity index (χ3n) is 4.59. The summed E-state index contributed by atoms with van der Waals surface area (Å²) >= 11 is 16.8. The molecule has 0 amide bonds. The maximum Gasteiger partial charge on any atom is 0.184 e. The van der Waals surface area contributed by atoms with Crippen molar-refractivity contribution in [2.45, 2.75) is 6.54 Å². The van der Waals surface area contributed by atoms with Gasteiger partial charge in [0.15, 0.2) is 16.7 Å². The first-order valence-electron chi connectivity index (χ1n) is 8.83. The Morgan fingerprint density at radius 3 is 2.52 bits per heavy atom. The number of thiocarbonyl (C=S) groups is 1. The van der Waals surface area contributed by atoms with E-state index in [0.717, 1.165) is 11.8 Å². The van der Waals surface area contributed by atoms with Gasteiger partial charge in [-0.2, -0.15) is 5.10 Å². The highest BCUT2D eigenvalue weighted by molar-refractivity contribution is 7.80. The fourth-order valence-corrected chi connectivity index (χ4v) is 3.62. The number of benzene rings is 2. The molecule has 0 atom stereocenters. The number of anilines is 1. The normalized spacial score (nSPS) is 15.1. The minimum atomic E-state index is -0.966. The molecule has 0 radical (unpaired) electrons. The van der Waals surface area contributed by atoms with Crippen LogP contribution in [0.5, 0.6) is 0 Å². The van der Waals surface area contributed by atoms with Crippen LogP contribution in [0, 0.1) is 11.6 Å². The van der Waals surface area contributed by atoms with E-state index < -0.39 is 11.6 Å². The quantitative estimate of drug-likeness (QED) is 0.406. The molecule has 1 heterocycles. The highest BCUT2D eigenvalue weighted by Crippen LogP contribution is 2.26. The second-order valence-corrected chi connectivity index (χ2v) is 7.82. The zero-order valence-electron chi connectivity index (χ0n) is 15.3. The van der Waals surface area contributed by atoms with Gasteiger partial charge in [0, 0.05) is 48.3 Å². The van der Waals surface area contributed by atoms with Crippen LogP contribution in [-0.2, 0) is 6.54 Å². The third-order valence-corrected chi connectivity index (χ3v) is 5.27. The maximum atomic E-state index is 14.6. The van der Waals surface area contributed by atoms with Crippen molar-refractivity contribution in [1.29, 1.82) is 0 Å². The van der Waals surface area contributed by atoms with Crippen molar-refractivity contribution in [2.24, 2.45) is 10.8 Å². The maximum absolute atomic E-state index is 14.6. The Morgan fingerprint density at radius 2 is 1.86 bits per heavy atom. The van der Waals surface area contributed by atoms with Crippen LogP contribution in [0.1, 0.15) is 11.1 Å². The molecule has 0 bridgehead atoms. The van der Waals surface area contributed by atoms with Crippen LogP contribution >= 0.6 is 35.4 Å². The summed E-state index contributed by atoms with van der Waals surface area (Å²) in [7, 11) is 0. The van der Waals surface area contributed by atoms with Crippen molar-refractivity contribution in [2.75, 3.05) is 31.1 Å². The lowest BCUT2D eigenvalue weighted by Crippen LogP contribution is -2.46. The van der Waals surface area contributed by atoms with Gasteiger partial charge in [0.25, 0.3) is 0 Å². The molecule has 0 aromatic heterocycles. The molecule has 154 valence electrons. The van der Waals surface area contributed by atoms with Crippen LogP contribution in [0.3, 0.4) is 0 Å². The number of halogens is 4. The molecule has 10 heteroatoms. The average Bonchev–Trinajstić information content (AvgIpc) is 2.68. The Kier molecular flexibility index (Phi) is 7.23. The molecule has 3 N–H and O–H groups in total. The van der Waals surface area contributed by atoms with Gasteiger partial charge in [-0.15, -0.1) is 0 Å². The number of hydrazone groups is 1. The lowest BCUT2D eigenvalue weighted by atomic mass is 10.1. The van der Waals surface area contributed by atoms with E-state index in [1.54, 1.807) is 18.2 Å². The Balaban J connectivity index is 1.63. The molecule has 0 saturated carbocycles. The van der Waals surface area contributed by atoms with E-state index in [-0.39, 0.29) is 16.4 Å². The number of hydrogen-bond donors (Lipinski definition) is 2. The molecule has 2 aromatic carbocycles. The van der Waals surface area contributed by atoms with Crippen molar-refractivity contribution in [3.63, 3.8) is 0 Å². The van der Waals surface area contributed by atoms with E-state index in [4.69, 9.17) is 28.9 Å². The number of piperazine rings is 1. The number of nitrogens with zero attached hydrogens (tertiary/aromatic N) is 3. The first-order valence-corrected chi connectivity index (χ1v) is 9.99. The Labute approximate surface area is 183 Å². The second kappa shape index (κ2) is 9.67. The Bertz CT molecular complexity index is 933. The van der Waals surface area contributed by atoms with E-state index in [2.05, 4.69) is 27.6 Å². The molecule has 5 nitrogen and oxygen atoms in total. The number of nitrogens with two attached hydrogens (primary N) is 1. The molecular weight excluding hydrogens is 439 g/mol. The summed E-state index contributed by atoms with van der Waals surface area (Å²) in [6.45, 7) is 3.20. The second-order valence-electron chi connectivity index (χ2n) is 6.54. The molecule has 1 aliphatic rings. The lowest BCUT2D eigenvalue weighted by molar-refractivity contribution is 0.249. The molecular formula is C19H19Cl2F2N5S. The molecule has 1 aliphatic heterocycles. The minimum absolute atomic E-state index is 0.00557. The average molecular weight is 458 g/mol. The van der Waals surface area contributed by atoms with Gasteiger partial charge < -0.3 is 10.6 Å². The molecule has 29 heavy (non-hydrogen) atoms. The summed E-state index contributed by atoms with van der Waals surface area (Å²) in [4.78, 5) is 4.04. The predicted molar refractivity (Wildman–Crippen MR) is 118 cm³/mol. The van der Waals surface area contributed by atoms with Crippen molar-refractivity contribution in [3.05, 3.63) is 63.1 Å². The zero-order valence-corrected chi connectivity index (χ0v) is 17.7. The van der Waals surface area contributed by atoms with Gasteiger partial charge in [-0.05, 0) is 42.0 Å². The first-order chi connectivity index (χ1) is 13.8. The topological polar surface area (TPSA) is 56.9 Å². The van der Waals surface area contributed by atoms with Crippen LogP contribution in [0.25, 0.3) is 0 Å². The van der Waals surface area contributed by atoms with Gasteiger partial charge in [0.2, 0.25) is 0 Å². The van der Waals surface area contributed by atoms with E-state index in [1.165, 1.54) is 6.07 Å². The van der Waals surface area contributed by atoms with Gasteiger partial charge in [0.05, 0.1) is 11.9 Å². The summed E-state index contributed by atoms with van der Waals surface area (Å²) in [6, 6.07) is 8.44. The smallest absolute Gasteiger partial charge is 0.184 e. The van der Waals surface area contributed by atoms with Crippen LogP contribution in [0.15, 0.2) is 35.4 Å². The van der Waals surface area contributed by atoms with Crippen LogP contribution in [0.4, 0.5) is 14.5 Å². The van der Waals surface area contributed by atoms with E-state index in [9.17, 15) is 8.78 Å². The van der Waals surface area contributed by atoms with Crippen LogP contribution < -0.4 is 16.1 Å². The summed E-state index contributed by atoms with van der Waals surface area (Å²) in [5.74, 6) is -1.87. The highest BCUT2D eigenvalue weighted by Gasteiger charge is 2.22. The standard InChI is InChI=1S/C19H19Cl2F2N5S/c20-14-3-1-13(15(21)9-14)11-27-5-7-28(8-6-27)16-4-2-12(17(22)18(16)23)10-25-26-19(24)29/h1-4,9-10H,5-8,11H2,(H3,24,26,29)/b25-10+. The van der Waals surface area contributed by atoms with E-state index >= 15 is 0 Å². The fourth-order valence-electron chi connectivity index (χ4n) is 3.10. The van der Waals surface area contributed by atoms with Crippen molar-refractivity contribution in [1.82, 2.24) is 10.3 Å². The number of hydrogen-bond acceptors (Lipinski definition) is 4. The third kappa shape index (κ3) is 5.54. The molecule has 1 saturated heterocycles. The molecule has 2 aromatic rings. The fraction of sp³-hybridized carbons (Fsp3) is 0.263. The molecule has 0 aliphatic carbocycles. The Morgan fingerprint density at radius 1 is 1.14 bits per heavy atom. The predicted octanol–water partition coefficient (Wildman–Crippen LogP) is 3.76. The number of nitrogens with one attached hydrogen (secondary N) is 1. The molecule has 0 unspecified atom stereocenters. The van der Waals surface area contributed by atoms with Gasteiger partial charge >= 0.3 is 0 Å². The highest BCUT2D eigenvalue weighted by atomic mass is 35.5. The summed E-state index contributed by atoms with van der Waals surface area (Å²) in [6.07, 6.45) is 1.13. The van der Waals surface area contributed by atoms with Gasteiger partial charge in [-0.3, -0.25) is 10.3 Å². The summed E-state index contributed by atoms with van der Waals surface area (Å²) in [5, 5.41) is 4.82. The van der Waals surface area contributed by atoms with E-state index in [1.807, 2.05) is 11.0 Å². The minimum Gasteiger partial charge on any atom is -0.375 e. The number of rotatable bonds is 5. The molecule has 3 rings (SSSR count).